The SMILES string of the molecule is Cc1nsc(N2CC3C(Nc4nc5n(n4)CCCC5c4ccc(F)c(F)c4)C4CCC43C2)n1. The molecule has 1 aromatic carbocycles. The number of hydrogen-bond donors (Lipinski definition) is 1. The van der Waals surface area contributed by atoms with E-state index in [9.17, 15) is 8.78 Å². The van der Waals surface area contributed by atoms with Crippen molar-refractivity contribution in [1.82, 2.24) is 24.1 Å². The van der Waals surface area contributed by atoms with Gasteiger partial charge in [-0.1, -0.05) is 6.07 Å². The highest BCUT2D eigenvalue weighted by Crippen LogP contribution is 2.68. The summed E-state index contributed by atoms with van der Waals surface area (Å²) >= 11 is 1.49. The number of nitrogens with zero attached hydrogens (tertiary/aromatic N) is 6. The first-order valence-corrected chi connectivity index (χ1v) is 12.5. The van der Waals surface area contributed by atoms with Crippen LogP contribution in [-0.2, 0) is 6.54 Å². The summed E-state index contributed by atoms with van der Waals surface area (Å²) in [7, 11) is 0. The molecule has 3 fully saturated rings. The minimum atomic E-state index is -0.818. The van der Waals surface area contributed by atoms with Gasteiger partial charge in [0, 0.05) is 49.0 Å². The van der Waals surface area contributed by atoms with Gasteiger partial charge in [-0.3, -0.25) is 0 Å². The number of rotatable bonds is 4. The smallest absolute Gasteiger partial charge is 0.242 e. The molecule has 2 aliphatic carbocycles. The minimum Gasteiger partial charge on any atom is -0.350 e. The molecule has 2 aromatic heterocycles. The number of halogens is 2. The number of benzene rings is 1. The number of aromatic nitrogens is 5. The van der Waals surface area contributed by atoms with Crippen LogP contribution in [0.4, 0.5) is 19.9 Å². The van der Waals surface area contributed by atoms with Crippen molar-refractivity contribution >= 4 is 22.6 Å². The molecule has 4 aliphatic rings. The molecule has 3 aromatic rings. The lowest BCUT2D eigenvalue weighted by Gasteiger charge is -2.65. The van der Waals surface area contributed by atoms with Gasteiger partial charge in [0.2, 0.25) is 11.1 Å². The second kappa shape index (κ2) is 6.94. The molecule has 7 nitrogen and oxygen atoms in total. The summed E-state index contributed by atoms with van der Waals surface area (Å²) < 4.78 is 33.6. The number of nitrogens with one attached hydrogen (secondary N) is 1. The van der Waals surface area contributed by atoms with Crippen LogP contribution in [0.25, 0.3) is 0 Å². The zero-order valence-electron chi connectivity index (χ0n) is 18.3. The number of anilines is 2. The van der Waals surface area contributed by atoms with Gasteiger partial charge in [0.1, 0.15) is 11.6 Å². The third-order valence-corrected chi connectivity index (χ3v) is 9.34. The molecule has 33 heavy (non-hydrogen) atoms. The summed E-state index contributed by atoms with van der Waals surface area (Å²) in [6.45, 7) is 4.81. The molecule has 2 aliphatic heterocycles. The summed E-state index contributed by atoms with van der Waals surface area (Å²) in [5, 5.41) is 9.46. The number of hydrogen-bond acceptors (Lipinski definition) is 7. The van der Waals surface area contributed by atoms with Crippen LogP contribution in [-0.4, -0.2) is 43.3 Å². The van der Waals surface area contributed by atoms with Gasteiger partial charge in [-0.2, -0.15) is 9.36 Å². The van der Waals surface area contributed by atoms with Crippen LogP contribution in [0.15, 0.2) is 18.2 Å². The highest BCUT2D eigenvalue weighted by atomic mass is 32.1. The van der Waals surface area contributed by atoms with E-state index in [1.807, 2.05) is 11.6 Å². The van der Waals surface area contributed by atoms with Crippen LogP contribution in [0.5, 0.6) is 0 Å². The largest absolute Gasteiger partial charge is 0.350 e. The molecule has 10 heteroatoms. The van der Waals surface area contributed by atoms with E-state index in [-0.39, 0.29) is 5.92 Å². The fraction of sp³-hybridized carbons (Fsp3) is 0.565. The Morgan fingerprint density at radius 1 is 1.15 bits per heavy atom. The summed E-state index contributed by atoms with van der Waals surface area (Å²) in [5.74, 6) is 1.85. The quantitative estimate of drug-likeness (QED) is 0.624. The minimum absolute atomic E-state index is 0.0660. The van der Waals surface area contributed by atoms with Gasteiger partial charge >= 0.3 is 0 Å². The summed E-state index contributed by atoms with van der Waals surface area (Å²) in [6.07, 6.45) is 4.31. The lowest BCUT2D eigenvalue weighted by Crippen LogP contribution is -2.68. The Bertz CT molecular complexity index is 1240. The second-order valence-corrected chi connectivity index (χ2v) is 10.8. The maximum Gasteiger partial charge on any atom is 0.242 e. The van der Waals surface area contributed by atoms with E-state index in [1.54, 1.807) is 6.07 Å². The van der Waals surface area contributed by atoms with Gasteiger partial charge in [0.25, 0.3) is 0 Å². The maximum atomic E-state index is 13.9. The van der Waals surface area contributed by atoms with Crippen molar-refractivity contribution < 1.29 is 8.78 Å². The highest BCUT2D eigenvalue weighted by molar-refractivity contribution is 7.09. The molecule has 5 unspecified atom stereocenters. The second-order valence-electron chi connectivity index (χ2n) is 10.0. The normalized spacial score (nSPS) is 31.9. The summed E-state index contributed by atoms with van der Waals surface area (Å²) in [5.41, 5.74) is 1.15. The molecule has 1 spiro atoms. The Morgan fingerprint density at radius 3 is 2.82 bits per heavy atom. The lowest BCUT2D eigenvalue weighted by molar-refractivity contribution is -0.117. The Hall–Kier alpha value is -2.62. The molecule has 0 bridgehead atoms. The van der Waals surface area contributed by atoms with Gasteiger partial charge < -0.3 is 10.2 Å². The van der Waals surface area contributed by atoms with Crippen molar-refractivity contribution in [3.05, 3.63) is 47.0 Å². The average molecular weight is 470 g/mol. The number of fused-ring (bicyclic) bond motifs is 1. The van der Waals surface area contributed by atoms with Crippen LogP contribution in [0.3, 0.4) is 0 Å². The summed E-state index contributed by atoms with van der Waals surface area (Å²) in [4.78, 5) is 11.9. The standard InChI is InChI=1S/C23H25F2N7S/c1-12-26-22(33-30-12)31-10-16-19(15-6-7-23(15,16)11-31)27-21-28-20-14(3-2-8-32(20)29-21)13-4-5-17(24)18(25)9-13/h4-5,9,14-16,19H,2-3,6-8,10-11H2,1H3,(H,27,29). The fourth-order valence-electron chi connectivity index (χ4n) is 6.83. The van der Waals surface area contributed by atoms with Gasteiger partial charge in [-0.05, 0) is 61.6 Å². The monoisotopic (exact) mass is 469 g/mol. The van der Waals surface area contributed by atoms with E-state index in [4.69, 9.17) is 10.1 Å². The molecule has 1 saturated heterocycles. The van der Waals surface area contributed by atoms with Crippen molar-refractivity contribution in [1.29, 1.82) is 0 Å². The lowest BCUT2D eigenvalue weighted by atomic mass is 9.41. The molecule has 0 amide bonds. The fourth-order valence-corrected chi connectivity index (χ4v) is 7.51. The highest BCUT2D eigenvalue weighted by Gasteiger charge is 2.70. The molecule has 1 N–H and O–H groups in total. The molecule has 4 heterocycles. The van der Waals surface area contributed by atoms with Gasteiger partial charge in [0.15, 0.2) is 11.6 Å². The van der Waals surface area contributed by atoms with Gasteiger partial charge in [-0.15, -0.1) is 5.10 Å². The van der Waals surface area contributed by atoms with E-state index < -0.39 is 11.6 Å². The molecule has 0 radical (unpaired) electrons. The van der Waals surface area contributed by atoms with Crippen LogP contribution < -0.4 is 10.2 Å². The first-order valence-electron chi connectivity index (χ1n) is 11.7. The average Bonchev–Trinajstić information content (AvgIpc) is 3.50. The Balaban J connectivity index is 1.12. The van der Waals surface area contributed by atoms with Gasteiger partial charge in [0.05, 0.1) is 0 Å². The first kappa shape index (κ1) is 19.8. The van der Waals surface area contributed by atoms with Crippen molar-refractivity contribution in [2.45, 2.75) is 51.1 Å². The zero-order valence-corrected chi connectivity index (χ0v) is 19.2. The molecular weight excluding hydrogens is 444 g/mol. The van der Waals surface area contributed by atoms with Crippen molar-refractivity contribution in [3.63, 3.8) is 0 Å². The molecular formula is C23H25F2N7S. The van der Waals surface area contributed by atoms with Crippen LogP contribution >= 0.6 is 11.5 Å². The molecule has 7 rings (SSSR count). The molecule has 5 atom stereocenters. The van der Waals surface area contributed by atoms with Crippen molar-refractivity contribution in [3.8, 4) is 0 Å². The van der Waals surface area contributed by atoms with E-state index in [1.165, 1.54) is 36.5 Å². The Labute approximate surface area is 194 Å². The topological polar surface area (TPSA) is 71.8 Å². The Morgan fingerprint density at radius 2 is 2.06 bits per heavy atom. The van der Waals surface area contributed by atoms with E-state index >= 15 is 0 Å². The third kappa shape index (κ3) is 2.82. The Kier molecular flexibility index (Phi) is 4.17. The molecule has 172 valence electrons. The van der Waals surface area contributed by atoms with Crippen molar-refractivity contribution in [2.75, 3.05) is 23.3 Å². The van der Waals surface area contributed by atoms with Gasteiger partial charge in [-0.25, -0.2) is 18.4 Å². The zero-order chi connectivity index (χ0) is 22.3. The van der Waals surface area contributed by atoms with Crippen LogP contribution in [0.1, 0.15) is 48.8 Å². The predicted octanol–water partition coefficient (Wildman–Crippen LogP) is 3.97. The van der Waals surface area contributed by atoms with E-state index in [0.29, 0.717) is 29.2 Å². The van der Waals surface area contributed by atoms with E-state index in [2.05, 4.69) is 19.6 Å². The number of aryl methyl sites for hydroxylation is 2. The summed E-state index contributed by atoms with van der Waals surface area (Å²) in [6, 6.07) is 4.53. The van der Waals surface area contributed by atoms with E-state index in [0.717, 1.165) is 54.8 Å². The van der Waals surface area contributed by atoms with Crippen LogP contribution in [0, 0.1) is 35.8 Å². The third-order valence-electron chi connectivity index (χ3n) is 8.47. The first-order chi connectivity index (χ1) is 16.0. The van der Waals surface area contributed by atoms with Crippen LogP contribution in [0.2, 0.25) is 0 Å². The predicted molar refractivity (Wildman–Crippen MR) is 120 cm³/mol. The molecule has 2 saturated carbocycles. The maximum absolute atomic E-state index is 13.9. The van der Waals surface area contributed by atoms with Crippen molar-refractivity contribution in [2.24, 2.45) is 17.3 Å².